The average molecular weight is 222 g/mol. The van der Waals surface area contributed by atoms with Gasteiger partial charge in [-0.1, -0.05) is 13.8 Å². The highest BCUT2D eigenvalue weighted by molar-refractivity contribution is 4.79. The molecular formula is C12H22N4. The lowest BCUT2D eigenvalue weighted by molar-refractivity contribution is 0.215. The number of rotatable bonds is 5. The van der Waals surface area contributed by atoms with Crippen molar-refractivity contribution in [2.75, 3.05) is 13.1 Å². The van der Waals surface area contributed by atoms with Crippen LogP contribution in [0.4, 0.5) is 0 Å². The van der Waals surface area contributed by atoms with E-state index in [-0.39, 0.29) is 0 Å². The lowest BCUT2D eigenvalue weighted by Crippen LogP contribution is -2.34. The maximum atomic E-state index is 4.19. The summed E-state index contributed by atoms with van der Waals surface area (Å²) in [5.41, 5.74) is 0. The largest absolute Gasteiger partial charge is 0.299 e. The zero-order valence-electron chi connectivity index (χ0n) is 10.3. The molecule has 1 aliphatic rings. The lowest BCUT2D eigenvalue weighted by atomic mass is 10.1. The second kappa shape index (κ2) is 5.43. The molecule has 0 N–H and O–H groups in total. The highest BCUT2D eigenvalue weighted by atomic mass is 15.3. The van der Waals surface area contributed by atoms with Gasteiger partial charge < -0.3 is 0 Å². The van der Waals surface area contributed by atoms with Crippen molar-refractivity contribution in [2.24, 2.45) is 5.92 Å². The summed E-state index contributed by atoms with van der Waals surface area (Å²) in [7, 11) is 0. The minimum Gasteiger partial charge on any atom is -0.299 e. The van der Waals surface area contributed by atoms with Gasteiger partial charge in [-0.05, 0) is 38.3 Å². The molecule has 0 aliphatic carbocycles. The predicted octanol–water partition coefficient (Wildman–Crippen LogP) is 1.79. The summed E-state index contributed by atoms with van der Waals surface area (Å²) in [5.74, 6) is 0.799. The van der Waals surface area contributed by atoms with Gasteiger partial charge in [-0.25, -0.2) is 4.98 Å². The topological polar surface area (TPSA) is 34.0 Å². The Balaban J connectivity index is 1.83. The molecule has 0 aromatic carbocycles. The van der Waals surface area contributed by atoms with Crippen LogP contribution in [0.1, 0.15) is 33.1 Å². The van der Waals surface area contributed by atoms with Crippen LogP contribution in [0.2, 0.25) is 0 Å². The summed E-state index contributed by atoms with van der Waals surface area (Å²) in [4.78, 5) is 6.61. The quantitative estimate of drug-likeness (QED) is 0.761. The fourth-order valence-electron chi connectivity index (χ4n) is 2.36. The van der Waals surface area contributed by atoms with Gasteiger partial charge in [0.2, 0.25) is 0 Å². The van der Waals surface area contributed by atoms with Gasteiger partial charge in [0.05, 0.1) is 6.54 Å². The monoisotopic (exact) mass is 222 g/mol. The van der Waals surface area contributed by atoms with Crippen LogP contribution >= 0.6 is 0 Å². The molecule has 90 valence electrons. The first-order valence-corrected chi connectivity index (χ1v) is 6.32. The third kappa shape index (κ3) is 3.04. The van der Waals surface area contributed by atoms with Gasteiger partial charge in [-0.15, -0.1) is 0 Å². The first-order chi connectivity index (χ1) is 7.75. The van der Waals surface area contributed by atoms with E-state index in [2.05, 4.69) is 28.8 Å². The molecule has 4 nitrogen and oxygen atoms in total. The van der Waals surface area contributed by atoms with E-state index in [1.54, 1.807) is 6.33 Å². The van der Waals surface area contributed by atoms with E-state index in [1.165, 1.54) is 32.4 Å². The minimum atomic E-state index is 0.667. The second-order valence-corrected chi connectivity index (χ2v) is 5.13. The molecule has 2 heterocycles. The lowest BCUT2D eigenvalue weighted by Gasteiger charge is -2.24. The van der Waals surface area contributed by atoms with E-state index >= 15 is 0 Å². The smallest absolute Gasteiger partial charge is 0.137 e. The molecule has 0 radical (unpaired) electrons. The molecular weight excluding hydrogens is 200 g/mol. The van der Waals surface area contributed by atoms with Crippen molar-refractivity contribution in [1.29, 1.82) is 0 Å². The SMILES string of the molecule is CC(C)CCN1CCC[C@H]1Cn1cncn1. The van der Waals surface area contributed by atoms with Crippen LogP contribution in [-0.4, -0.2) is 38.8 Å². The van der Waals surface area contributed by atoms with Gasteiger partial charge in [0, 0.05) is 6.04 Å². The molecule has 16 heavy (non-hydrogen) atoms. The van der Waals surface area contributed by atoms with Crippen molar-refractivity contribution in [3.63, 3.8) is 0 Å². The van der Waals surface area contributed by atoms with Gasteiger partial charge in [-0.3, -0.25) is 9.58 Å². The van der Waals surface area contributed by atoms with E-state index < -0.39 is 0 Å². The Morgan fingerprint density at radius 3 is 3.00 bits per heavy atom. The van der Waals surface area contributed by atoms with Gasteiger partial charge >= 0.3 is 0 Å². The maximum absolute atomic E-state index is 4.19. The average Bonchev–Trinajstić information content (AvgIpc) is 2.87. The summed E-state index contributed by atoms with van der Waals surface area (Å²) in [6.07, 6.45) is 7.37. The third-order valence-corrected chi connectivity index (χ3v) is 3.36. The Kier molecular flexibility index (Phi) is 3.93. The minimum absolute atomic E-state index is 0.667. The Hall–Kier alpha value is -0.900. The predicted molar refractivity (Wildman–Crippen MR) is 64.1 cm³/mol. The van der Waals surface area contributed by atoms with Crippen LogP contribution in [-0.2, 0) is 6.54 Å². The van der Waals surface area contributed by atoms with E-state index in [1.807, 2.05) is 11.0 Å². The molecule has 1 aromatic rings. The molecule has 1 saturated heterocycles. The molecule has 0 amide bonds. The number of aromatic nitrogens is 3. The molecule has 1 aromatic heterocycles. The highest BCUT2D eigenvalue weighted by Gasteiger charge is 2.24. The fraction of sp³-hybridized carbons (Fsp3) is 0.833. The number of hydrogen-bond acceptors (Lipinski definition) is 3. The van der Waals surface area contributed by atoms with Crippen LogP contribution in [0.15, 0.2) is 12.7 Å². The Morgan fingerprint density at radius 1 is 1.44 bits per heavy atom. The van der Waals surface area contributed by atoms with E-state index in [0.717, 1.165) is 12.5 Å². The first kappa shape index (κ1) is 11.6. The van der Waals surface area contributed by atoms with Gasteiger partial charge in [-0.2, -0.15) is 5.10 Å². The molecule has 0 spiro atoms. The number of hydrogen-bond donors (Lipinski definition) is 0. The Bertz CT molecular complexity index is 294. The summed E-state index contributed by atoms with van der Waals surface area (Å²) < 4.78 is 1.96. The van der Waals surface area contributed by atoms with E-state index in [0.29, 0.717) is 6.04 Å². The van der Waals surface area contributed by atoms with Crippen molar-refractivity contribution in [3.05, 3.63) is 12.7 Å². The first-order valence-electron chi connectivity index (χ1n) is 6.32. The van der Waals surface area contributed by atoms with Crippen molar-refractivity contribution in [3.8, 4) is 0 Å². The molecule has 0 unspecified atom stereocenters. The zero-order chi connectivity index (χ0) is 11.4. The molecule has 1 aliphatic heterocycles. The van der Waals surface area contributed by atoms with Gasteiger partial charge in [0.15, 0.2) is 0 Å². The normalized spacial score (nSPS) is 22.1. The van der Waals surface area contributed by atoms with Gasteiger partial charge in [0.25, 0.3) is 0 Å². The Morgan fingerprint density at radius 2 is 2.31 bits per heavy atom. The molecule has 1 fully saturated rings. The molecule has 1 atom stereocenters. The summed E-state index contributed by atoms with van der Waals surface area (Å²) in [5, 5.41) is 4.19. The van der Waals surface area contributed by atoms with E-state index in [4.69, 9.17) is 0 Å². The molecule has 2 rings (SSSR count). The van der Waals surface area contributed by atoms with Crippen LogP contribution in [0, 0.1) is 5.92 Å². The van der Waals surface area contributed by atoms with Gasteiger partial charge in [0.1, 0.15) is 12.7 Å². The summed E-state index contributed by atoms with van der Waals surface area (Å²) in [6, 6.07) is 0.667. The second-order valence-electron chi connectivity index (χ2n) is 5.13. The number of likely N-dealkylation sites (tertiary alicyclic amines) is 1. The Labute approximate surface area is 97.7 Å². The van der Waals surface area contributed by atoms with Crippen molar-refractivity contribution in [2.45, 2.75) is 45.7 Å². The summed E-state index contributed by atoms with van der Waals surface area (Å²) >= 11 is 0. The summed E-state index contributed by atoms with van der Waals surface area (Å²) in [6.45, 7) is 8.08. The fourth-order valence-corrected chi connectivity index (χ4v) is 2.36. The highest BCUT2D eigenvalue weighted by Crippen LogP contribution is 2.19. The van der Waals surface area contributed by atoms with Crippen LogP contribution < -0.4 is 0 Å². The van der Waals surface area contributed by atoms with Crippen molar-refractivity contribution in [1.82, 2.24) is 19.7 Å². The molecule has 0 bridgehead atoms. The van der Waals surface area contributed by atoms with Crippen LogP contribution in [0.5, 0.6) is 0 Å². The zero-order valence-corrected chi connectivity index (χ0v) is 10.3. The van der Waals surface area contributed by atoms with Crippen LogP contribution in [0.25, 0.3) is 0 Å². The maximum Gasteiger partial charge on any atom is 0.137 e. The van der Waals surface area contributed by atoms with Crippen molar-refractivity contribution >= 4 is 0 Å². The van der Waals surface area contributed by atoms with E-state index in [9.17, 15) is 0 Å². The van der Waals surface area contributed by atoms with Crippen LogP contribution in [0.3, 0.4) is 0 Å². The number of nitrogens with zero attached hydrogens (tertiary/aromatic N) is 4. The molecule has 0 saturated carbocycles. The van der Waals surface area contributed by atoms with Crippen molar-refractivity contribution < 1.29 is 0 Å². The molecule has 4 heteroatoms. The standard InChI is InChI=1S/C12H22N4/c1-11(2)5-7-15-6-3-4-12(15)8-16-10-13-9-14-16/h9-12H,3-8H2,1-2H3/t12-/m0/s1. The third-order valence-electron chi connectivity index (χ3n) is 3.36.